The second kappa shape index (κ2) is 9.22. The molecule has 2 aromatic heterocycles. The lowest BCUT2D eigenvalue weighted by atomic mass is 9.91. The average molecular weight is 414 g/mol. The van der Waals surface area contributed by atoms with Crippen LogP contribution in [0.25, 0.3) is 0 Å². The van der Waals surface area contributed by atoms with Crippen molar-refractivity contribution in [3.63, 3.8) is 0 Å². The number of anilines is 1. The number of rotatable bonds is 6. The summed E-state index contributed by atoms with van der Waals surface area (Å²) in [6.45, 7) is 8.58. The van der Waals surface area contributed by atoms with E-state index in [4.69, 9.17) is 4.98 Å². The van der Waals surface area contributed by atoms with Gasteiger partial charge in [-0.3, -0.25) is 9.69 Å². The Morgan fingerprint density at radius 3 is 2.79 bits per heavy atom. The van der Waals surface area contributed by atoms with Crippen molar-refractivity contribution in [2.45, 2.75) is 51.6 Å². The fourth-order valence-electron chi connectivity index (χ4n) is 4.43. The monoisotopic (exact) mass is 413 g/mol. The largest absolute Gasteiger partial charge is 0.354 e. The molecule has 1 amide bonds. The number of nitrogens with one attached hydrogen (secondary N) is 1. The van der Waals surface area contributed by atoms with Gasteiger partial charge >= 0.3 is 0 Å². The van der Waals surface area contributed by atoms with E-state index in [1.54, 1.807) is 11.3 Å². The Hall–Kier alpha value is -1.99. The van der Waals surface area contributed by atoms with E-state index in [0.29, 0.717) is 0 Å². The van der Waals surface area contributed by atoms with Crippen molar-refractivity contribution in [1.29, 1.82) is 0 Å². The highest BCUT2D eigenvalue weighted by molar-refractivity contribution is 7.07. The summed E-state index contributed by atoms with van der Waals surface area (Å²) in [7, 11) is 0. The minimum Gasteiger partial charge on any atom is -0.354 e. The Bertz CT molecular complexity index is 803. The van der Waals surface area contributed by atoms with Gasteiger partial charge in [0.15, 0.2) is 0 Å². The van der Waals surface area contributed by atoms with Crippen LogP contribution in [0.15, 0.2) is 29.1 Å². The fourth-order valence-corrected chi connectivity index (χ4v) is 5.09. The maximum Gasteiger partial charge on any atom is 0.225 e. The van der Waals surface area contributed by atoms with Crippen molar-refractivity contribution >= 4 is 23.2 Å². The Morgan fingerprint density at radius 1 is 1.24 bits per heavy atom. The minimum absolute atomic E-state index is 0.0832. The summed E-state index contributed by atoms with van der Waals surface area (Å²) in [5.74, 6) is 0.969. The van der Waals surface area contributed by atoms with Crippen LogP contribution in [0.2, 0.25) is 0 Å². The van der Waals surface area contributed by atoms with Gasteiger partial charge < -0.3 is 10.2 Å². The quantitative estimate of drug-likeness (QED) is 0.788. The number of hydrogen-bond donors (Lipinski definition) is 1. The number of likely N-dealkylation sites (tertiary alicyclic amines) is 1. The highest BCUT2D eigenvalue weighted by Gasteiger charge is 2.39. The fraction of sp³-hybridized carbons (Fsp3) is 0.591. The molecule has 0 saturated carbocycles. The molecule has 156 valence electrons. The van der Waals surface area contributed by atoms with E-state index in [-0.39, 0.29) is 23.8 Å². The molecule has 6 nitrogen and oxygen atoms in total. The molecule has 29 heavy (non-hydrogen) atoms. The first-order valence-electron chi connectivity index (χ1n) is 10.7. The first-order valence-corrected chi connectivity index (χ1v) is 11.7. The summed E-state index contributed by atoms with van der Waals surface area (Å²) in [5, 5.41) is 7.43. The number of carbonyl (C=O) groups excluding carboxylic acids is 1. The number of piperidine rings is 1. The van der Waals surface area contributed by atoms with Crippen molar-refractivity contribution in [3.05, 3.63) is 40.3 Å². The van der Waals surface area contributed by atoms with Crippen LogP contribution >= 0.6 is 11.3 Å². The molecular formula is C22H31N5OS. The van der Waals surface area contributed by atoms with E-state index in [0.717, 1.165) is 44.4 Å². The standard InChI is InChI=1S/C22H31N5OS/c1-16(2)24-21(28)19-14-26(12-17-7-11-29-15-17)13-18(19)20-6-8-23-22(25-20)27-9-4-3-5-10-27/h6-8,11,15-16,18-19H,3-5,9-10,12-14H2,1-2H3,(H,24,28)/t18-,19-/m1/s1. The number of nitrogens with zero attached hydrogens (tertiary/aromatic N) is 4. The van der Waals surface area contributed by atoms with Gasteiger partial charge in [0.25, 0.3) is 0 Å². The first kappa shape index (κ1) is 20.3. The Morgan fingerprint density at radius 2 is 2.07 bits per heavy atom. The van der Waals surface area contributed by atoms with E-state index < -0.39 is 0 Å². The normalized spacial score (nSPS) is 22.9. The Kier molecular flexibility index (Phi) is 6.45. The van der Waals surface area contributed by atoms with Gasteiger partial charge in [0.05, 0.1) is 11.6 Å². The molecule has 2 fully saturated rings. The van der Waals surface area contributed by atoms with Gasteiger partial charge in [-0.15, -0.1) is 0 Å². The Balaban J connectivity index is 1.55. The van der Waals surface area contributed by atoms with Crippen LogP contribution in [0.4, 0.5) is 5.95 Å². The number of thiophene rings is 1. The highest BCUT2D eigenvalue weighted by atomic mass is 32.1. The molecule has 7 heteroatoms. The van der Waals surface area contributed by atoms with Crippen LogP contribution in [0, 0.1) is 5.92 Å². The zero-order chi connectivity index (χ0) is 20.2. The van der Waals surface area contributed by atoms with E-state index >= 15 is 0 Å². The third-order valence-electron chi connectivity index (χ3n) is 5.83. The summed E-state index contributed by atoms with van der Waals surface area (Å²) in [5.41, 5.74) is 2.31. The average Bonchev–Trinajstić information content (AvgIpc) is 3.39. The molecule has 2 aliphatic heterocycles. The van der Waals surface area contributed by atoms with Crippen molar-refractivity contribution < 1.29 is 4.79 Å². The van der Waals surface area contributed by atoms with Crippen LogP contribution in [-0.2, 0) is 11.3 Å². The van der Waals surface area contributed by atoms with Crippen LogP contribution in [0.3, 0.4) is 0 Å². The van der Waals surface area contributed by atoms with E-state index in [2.05, 4.69) is 36.9 Å². The lowest BCUT2D eigenvalue weighted by Crippen LogP contribution is -2.38. The smallest absolute Gasteiger partial charge is 0.225 e. The maximum atomic E-state index is 13.0. The molecule has 0 bridgehead atoms. The third-order valence-corrected chi connectivity index (χ3v) is 6.56. The predicted octanol–water partition coefficient (Wildman–Crippen LogP) is 3.27. The van der Waals surface area contributed by atoms with Crippen LogP contribution in [0.1, 0.15) is 50.3 Å². The molecule has 0 radical (unpaired) electrons. The predicted molar refractivity (Wildman–Crippen MR) is 117 cm³/mol. The van der Waals surface area contributed by atoms with Crippen LogP contribution in [0.5, 0.6) is 0 Å². The molecule has 0 unspecified atom stereocenters. The van der Waals surface area contributed by atoms with Crippen LogP contribution < -0.4 is 10.2 Å². The van der Waals surface area contributed by atoms with Gasteiger partial charge in [0.1, 0.15) is 0 Å². The van der Waals surface area contributed by atoms with Crippen LogP contribution in [-0.4, -0.2) is 53.0 Å². The van der Waals surface area contributed by atoms with Gasteiger partial charge in [-0.05, 0) is 61.6 Å². The van der Waals surface area contributed by atoms with Gasteiger partial charge in [0, 0.05) is 50.9 Å². The molecule has 4 heterocycles. The first-order chi connectivity index (χ1) is 14.1. The number of hydrogen-bond acceptors (Lipinski definition) is 6. The topological polar surface area (TPSA) is 61.4 Å². The zero-order valence-electron chi connectivity index (χ0n) is 17.4. The summed E-state index contributed by atoms with van der Waals surface area (Å²) in [6, 6.07) is 4.31. The molecule has 0 aromatic carbocycles. The van der Waals surface area contributed by atoms with Crippen molar-refractivity contribution in [1.82, 2.24) is 20.2 Å². The van der Waals surface area contributed by atoms with Gasteiger partial charge in [-0.2, -0.15) is 11.3 Å². The third kappa shape index (κ3) is 4.95. The molecule has 2 aliphatic rings. The molecule has 2 atom stereocenters. The molecule has 4 rings (SSSR count). The van der Waals surface area contributed by atoms with Crippen molar-refractivity contribution in [3.8, 4) is 0 Å². The summed E-state index contributed by atoms with van der Waals surface area (Å²) < 4.78 is 0. The van der Waals surface area contributed by atoms with Gasteiger partial charge in [-0.1, -0.05) is 0 Å². The lowest BCUT2D eigenvalue weighted by molar-refractivity contribution is -0.125. The van der Waals surface area contributed by atoms with E-state index in [1.165, 1.54) is 24.8 Å². The number of carbonyl (C=O) groups is 1. The van der Waals surface area contributed by atoms with Gasteiger partial charge in [-0.25, -0.2) is 9.97 Å². The van der Waals surface area contributed by atoms with Crippen molar-refractivity contribution in [2.75, 3.05) is 31.1 Å². The van der Waals surface area contributed by atoms with Gasteiger partial charge in [0.2, 0.25) is 11.9 Å². The second-order valence-electron chi connectivity index (χ2n) is 8.53. The highest BCUT2D eigenvalue weighted by Crippen LogP contribution is 2.34. The summed E-state index contributed by atoms with van der Waals surface area (Å²) in [6.07, 6.45) is 5.55. The molecular weight excluding hydrogens is 382 g/mol. The number of amides is 1. The number of aromatic nitrogens is 2. The minimum atomic E-state index is -0.0832. The second-order valence-corrected chi connectivity index (χ2v) is 9.31. The van der Waals surface area contributed by atoms with E-state index in [9.17, 15) is 4.79 Å². The molecule has 1 N–H and O–H groups in total. The Labute approximate surface area is 177 Å². The summed E-state index contributed by atoms with van der Waals surface area (Å²) in [4.78, 5) is 27.1. The van der Waals surface area contributed by atoms with Crippen molar-refractivity contribution in [2.24, 2.45) is 5.92 Å². The molecule has 2 saturated heterocycles. The molecule has 0 spiro atoms. The SMILES string of the molecule is CC(C)NC(=O)[C@@H]1CN(Cc2ccsc2)C[C@H]1c1ccnc(N2CCCCC2)n1. The summed E-state index contributed by atoms with van der Waals surface area (Å²) >= 11 is 1.72. The molecule has 2 aromatic rings. The van der Waals surface area contributed by atoms with E-state index in [1.807, 2.05) is 26.1 Å². The maximum absolute atomic E-state index is 13.0. The molecule has 0 aliphatic carbocycles. The zero-order valence-corrected chi connectivity index (χ0v) is 18.2. The lowest BCUT2D eigenvalue weighted by Gasteiger charge is -2.27.